The fourth-order valence-electron chi connectivity index (χ4n) is 2.31. The first kappa shape index (κ1) is 17.9. The molecule has 3 rings (SSSR count). The normalized spacial score (nSPS) is 10.7. The van der Waals surface area contributed by atoms with Crippen molar-refractivity contribution in [2.45, 2.75) is 20.5 Å². The van der Waals surface area contributed by atoms with Crippen LogP contribution in [0.3, 0.4) is 0 Å². The zero-order valence-electron chi connectivity index (χ0n) is 14.4. The second-order valence-corrected chi connectivity index (χ2v) is 6.27. The first-order valence-corrected chi connectivity index (χ1v) is 8.93. The average molecular weight is 374 g/mol. The number of benzene rings is 1. The average Bonchev–Trinajstić information content (AvgIpc) is 3.01. The predicted octanol–water partition coefficient (Wildman–Crippen LogP) is 2.59. The number of rotatable bonds is 7. The summed E-state index contributed by atoms with van der Waals surface area (Å²) in [6, 6.07) is 8.33. The summed E-state index contributed by atoms with van der Waals surface area (Å²) in [7, 11) is 0. The summed E-state index contributed by atoms with van der Waals surface area (Å²) in [5, 5.41) is 1.85. The maximum absolute atomic E-state index is 12.1. The molecule has 0 amide bonds. The van der Waals surface area contributed by atoms with Crippen molar-refractivity contribution in [2.24, 2.45) is 0 Å². The Labute approximate surface area is 153 Å². The lowest BCUT2D eigenvalue weighted by molar-refractivity contribution is -0.147. The van der Waals surface area contributed by atoms with E-state index in [1.54, 1.807) is 24.3 Å². The number of carbonyl (C=O) groups excluding carboxylic acids is 1. The van der Waals surface area contributed by atoms with Crippen molar-refractivity contribution in [3.63, 3.8) is 0 Å². The summed E-state index contributed by atoms with van der Waals surface area (Å²) in [6.07, 6.45) is 0. The van der Waals surface area contributed by atoms with Gasteiger partial charge in [-0.2, -0.15) is 0 Å². The molecular weight excluding hydrogens is 356 g/mol. The molecule has 0 aliphatic rings. The molecule has 0 atom stereocenters. The number of ether oxygens (including phenoxy) is 3. The third kappa shape index (κ3) is 4.20. The van der Waals surface area contributed by atoms with E-state index < -0.39 is 5.97 Å². The van der Waals surface area contributed by atoms with E-state index in [0.29, 0.717) is 23.0 Å². The molecule has 0 fully saturated rings. The molecule has 0 N–H and O–H groups in total. The van der Waals surface area contributed by atoms with Gasteiger partial charge in [-0.15, -0.1) is 11.3 Å². The van der Waals surface area contributed by atoms with Gasteiger partial charge in [0.15, 0.2) is 11.6 Å². The van der Waals surface area contributed by atoms with Crippen molar-refractivity contribution >= 4 is 22.3 Å². The molecule has 0 saturated heterocycles. The van der Waals surface area contributed by atoms with E-state index >= 15 is 0 Å². The third-order valence-electron chi connectivity index (χ3n) is 3.50. The molecule has 0 spiro atoms. The highest BCUT2D eigenvalue weighted by Gasteiger charge is 2.09. The Kier molecular flexibility index (Phi) is 5.52. The number of esters is 1. The van der Waals surface area contributed by atoms with Crippen LogP contribution in [0, 0.1) is 6.92 Å². The Bertz CT molecular complexity index is 962. The third-order valence-corrected chi connectivity index (χ3v) is 4.44. The van der Waals surface area contributed by atoms with Crippen molar-refractivity contribution in [3.05, 3.63) is 57.5 Å². The Balaban J connectivity index is 1.53. The molecule has 0 unspecified atom stereocenters. The van der Waals surface area contributed by atoms with Gasteiger partial charge >= 0.3 is 5.97 Å². The molecular formula is C18H18N2O5S. The minimum Gasteiger partial charge on any atom is -0.494 e. The Morgan fingerprint density at radius 1 is 1.19 bits per heavy atom. The quantitative estimate of drug-likeness (QED) is 0.592. The minimum atomic E-state index is -0.539. The Morgan fingerprint density at radius 3 is 2.58 bits per heavy atom. The van der Waals surface area contributed by atoms with Crippen LogP contribution in [0.1, 0.15) is 18.3 Å². The Morgan fingerprint density at radius 2 is 1.88 bits per heavy atom. The van der Waals surface area contributed by atoms with Crippen LogP contribution >= 0.6 is 11.3 Å². The maximum atomic E-state index is 12.1. The van der Waals surface area contributed by atoms with Crippen molar-refractivity contribution in [1.29, 1.82) is 0 Å². The van der Waals surface area contributed by atoms with E-state index in [-0.39, 0.29) is 18.8 Å². The molecule has 0 radical (unpaired) electrons. The molecule has 2 heterocycles. The number of carbonyl (C=O) groups is 1. The van der Waals surface area contributed by atoms with Crippen LogP contribution in [-0.4, -0.2) is 28.6 Å². The van der Waals surface area contributed by atoms with Gasteiger partial charge in [-0.25, -0.2) is 9.78 Å². The fourth-order valence-corrected chi connectivity index (χ4v) is 3.20. The minimum absolute atomic E-state index is 0.0752. The van der Waals surface area contributed by atoms with Crippen molar-refractivity contribution in [1.82, 2.24) is 9.38 Å². The highest BCUT2D eigenvalue weighted by Crippen LogP contribution is 2.17. The van der Waals surface area contributed by atoms with Gasteiger partial charge in [0.1, 0.15) is 18.1 Å². The van der Waals surface area contributed by atoms with E-state index in [0.717, 1.165) is 11.4 Å². The summed E-state index contributed by atoms with van der Waals surface area (Å²) in [4.78, 5) is 28.8. The van der Waals surface area contributed by atoms with E-state index in [1.807, 2.05) is 19.2 Å². The van der Waals surface area contributed by atoms with Crippen LogP contribution in [0.4, 0.5) is 0 Å². The summed E-state index contributed by atoms with van der Waals surface area (Å²) in [5.41, 5.74) is 1.05. The molecule has 0 aliphatic carbocycles. The van der Waals surface area contributed by atoms with Crippen molar-refractivity contribution in [3.8, 4) is 11.5 Å². The topological polar surface area (TPSA) is 79.1 Å². The highest BCUT2D eigenvalue weighted by atomic mass is 32.1. The van der Waals surface area contributed by atoms with Crippen LogP contribution in [0.5, 0.6) is 11.5 Å². The van der Waals surface area contributed by atoms with Crippen LogP contribution in [-0.2, 0) is 16.1 Å². The van der Waals surface area contributed by atoms with Gasteiger partial charge in [0.2, 0.25) is 0 Å². The second kappa shape index (κ2) is 8.01. The number of aromatic nitrogens is 2. The van der Waals surface area contributed by atoms with Crippen LogP contribution in [0.15, 0.2) is 40.5 Å². The lowest BCUT2D eigenvalue weighted by Crippen LogP contribution is -2.18. The second-order valence-electron chi connectivity index (χ2n) is 5.43. The lowest BCUT2D eigenvalue weighted by atomic mass is 10.3. The zero-order chi connectivity index (χ0) is 18.5. The number of hydrogen-bond donors (Lipinski definition) is 0. The molecule has 0 bridgehead atoms. The summed E-state index contributed by atoms with van der Waals surface area (Å²) < 4.78 is 17.4. The molecule has 2 aromatic heterocycles. The molecule has 0 saturated carbocycles. The number of fused-ring (bicyclic) bond motifs is 1. The monoisotopic (exact) mass is 374 g/mol. The van der Waals surface area contributed by atoms with Crippen molar-refractivity contribution in [2.75, 3.05) is 13.2 Å². The van der Waals surface area contributed by atoms with Gasteiger partial charge in [0.05, 0.1) is 12.3 Å². The number of thiazole rings is 1. The van der Waals surface area contributed by atoms with E-state index in [1.165, 1.54) is 21.8 Å². The van der Waals surface area contributed by atoms with Gasteiger partial charge < -0.3 is 14.2 Å². The molecule has 3 aromatic rings. The van der Waals surface area contributed by atoms with E-state index in [2.05, 4.69) is 4.98 Å². The molecule has 26 heavy (non-hydrogen) atoms. The molecule has 0 aliphatic heterocycles. The van der Waals surface area contributed by atoms with E-state index in [9.17, 15) is 9.59 Å². The van der Waals surface area contributed by atoms with Gasteiger partial charge in [0.25, 0.3) is 5.56 Å². The standard InChI is InChI=1S/C18H18N2O5S/c1-3-23-14-4-6-15(7-5-14)24-10-17(22)25-9-13-8-16(21)20-12(2)11-26-18(20)19-13/h4-8,11H,3,9-10H2,1-2H3. The summed E-state index contributed by atoms with van der Waals surface area (Å²) in [5.74, 6) is 0.736. The molecule has 1 aromatic carbocycles. The SMILES string of the molecule is CCOc1ccc(OCC(=O)OCc2cc(=O)n3c(C)csc3n2)cc1. The van der Waals surface area contributed by atoms with Crippen LogP contribution < -0.4 is 15.0 Å². The van der Waals surface area contributed by atoms with Gasteiger partial charge in [-0.05, 0) is 38.1 Å². The van der Waals surface area contributed by atoms with Crippen LogP contribution in [0.2, 0.25) is 0 Å². The lowest BCUT2D eigenvalue weighted by Gasteiger charge is -2.08. The smallest absolute Gasteiger partial charge is 0.344 e. The fraction of sp³-hybridized carbons (Fsp3) is 0.278. The van der Waals surface area contributed by atoms with Crippen molar-refractivity contribution < 1.29 is 19.0 Å². The predicted molar refractivity (Wildman–Crippen MR) is 97.0 cm³/mol. The largest absolute Gasteiger partial charge is 0.494 e. The first-order valence-electron chi connectivity index (χ1n) is 8.05. The zero-order valence-corrected chi connectivity index (χ0v) is 15.2. The number of hydrogen-bond acceptors (Lipinski definition) is 7. The van der Waals surface area contributed by atoms with E-state index in [4.69, 9.17) is 14.2 Å². The summed E-state index contributed by atoms with van der Waals surface area (Å²) >= 11 is 1.37. The highest BCUT2D eigenvalue weighted by molar-refractivity contribution is 7.15. The number of nitrogens with zero attached hydrogens (tertiary/aromatic N) is 2. The van der Waals surface area contributed by atoms with Gasteiger partial charge in [-0.1, -0.05) is 0 Å². The Hall–Kier alpha value is -2.87. The molecule has 8 heteroatoms. The van der Waals surface area contributed by atoms with Gasteiger partial charge in [-0.3, -0.25) is 9.20 Å². The molecule has 7 nitrogen and oxygen atoms in total. The number of aryl methyl sites for hydroxylation is 1. The first-order chi connectivity index (χ1) is 12.6. The van der Waals surface area contributed by atoms with Crippen LogP contribution in [0.25, 0.3) is 4.96 Å². The molecule has 136 valence electrons. The maximum Gasteiger partial charge on any atom is 0.344 e. The summed E-state index contributed by atoms with van der Waals surface area (Å²) in [6.45, 7) is 4.02. The van der Waals surface area contributed by atoms with Gasteiger partial charge in [0, 0.05) is 17.1 Å².